The van der Waals surface area contributed by atoms with E-state index < -0.39 is 0 Å². The molecule has 25 heavy (non-hydrogen) atoms. The molecule has 1 saturated heterocycles. The number of aryl methyl sites for hydroxylation is 2. The second-order valence-electron chi connectivity index (χ2n) is 6.92. The molecule has 1 aliphatic rings. The first-order valence-electron chi connectivity index (χ1n) is 8.67. The number of hydrogen-bond acceptors (Lipinski definition) is 2. The molecule has 0 aromatic heterocycles. The molecular formula is C21H27ClN2O. The van der Waals surface area contributed by atoms with E-state index in [1.807, 2.05) is 11.0 Å². The third-order valence-electron chi connectivity index (χ3n) is 5.17. The second-order valence-corrected chi connectivity index (χ2v) is 6.92. The van der Waals surface area contributed by atoms with Crippen molar-refractivity contribution in [2.45, 2.75) is 26.2 Å². The van der Waals surface area contributed by atoms with Gasteiger partial charge in [0.05, 0.1) is 6.42 Å². The number of benzene rings is 2. The lowest BCUT2D eigenvalue weighted by Crippen LogP contribution is -2.31. The van der Waals surface area contributed by atoms with Crippen molar-refractivity contribution in [1.82, 2.24) is 4.90 Å². The summed E-state index contributed by atoms with van der Waals surface area (Å²) in [5.74, 6) is 0.897. The molecule has 2 N–H and O–H groups in total. The molecule has 134 valence electrons. The summed E-state index contributed by atoms with van der Waals surface area (Å²) in [7, 11) is 0. The maximum atomic E-state index is 12.8. The maximum Gasteiger partial charge on any atom is 0.227 e. The SMILES string of the molecule is Cc1ccc(C)c(CC(=O)N2C[C@@H](CN)[C@H](c3ccccc3)C2)c1.Cl. The molecule has 0 unspecified atom stereocenters. The number of nitrogens with two attached hydrogens (primary N) is 1. The molecule has 4 heteroatoms. The number of hydrogen-bond donors (Lipinski definition) is 1. The van der Waals surface area contributed by atoms with E-state index in [-0.39, 0.29) is 18.3 Å². The number of carbonyl (C=O) groups excluding carboxylic acids is 1. The second kappa shape index (κ2) is 8.50. The summed E-state index contributed by atoms with van der Waals surface area (Å²) in [4.78, 5) is 14.8. The molecule has 1 heterocycles. The number of amides is 1. The summed E-state index contributed by atoms with van der Waals surface area (Å²) in [6.45, 7) is 6.29. The average molecular weight is 359 g/mol. The normalized spacial score (nSPS) is 19.6. The average Bonchev–Trinajstić information content (AvgIpc) is 3.03. The Morgan fingerprint density at radius 1 is 1.12 bits per heavy atom. The van der Waals surface area contributed by atoms with E-state index in [0.717, 1.165) is 18.7 Å². The number of nitrogens with zero attached hydrogens (tertiary/aromatic N) is 1. The van der Waals surface area contributed by atoms with Crippen LogP contribution in [0.5, 0.6) is 0 Å². The Kier molecular flexibility index (Phi) is 6.63. The fraction of sp³-hybridized carbons (Fsp3) is 0.381. The first kappa shape index (κ1) is 19.5. The highest BCUT2D eigenvalue weighted by Gasteiger charge is 2.35. The first-order chi connectivity index (χ1) is 11.6. The van der Waals surface area contributed by atoms with Crippen molar-refractivity contribution >= 4 is 18.3 Å². The van der Waals surface area contributed by atoms with Gasteiger partial charge in [-0.3, -0.25) is 4.79 Å². The molecule has 1 amide bonds. The van der Waals surface area contributed by atoms with Gasteiger partial charge < -0.3 is 10.6 Å². The van der Waals surface area contributed by atoms with E-state index in [1.54, 1.807) is 0 Å². The van der Waals surface area contributed by atoms with Gasteiger partial charge in [-0.25, -0.2) is 0 Å². The van der Waals surface area contributed by atoms with Gasteiger partial charge in [-0.05, 0) is 43.0 Å². The summed E-state index contributed by atoms with van der Waals surface area (Å²) >= 11 is 0. The fourth-order valence-corrected chi connectivity index (χ4v) is 3.66. The van der Waals surface area contributed by atoms with E-state index in [0.29, 0.717) is 24.8 Å². The zero-order valence-corrected chi connectivity index (χ0v) is 15.8. The molecule has 1 aliphatic heterocycles. The predicted molar refractivity (Wildman–Crippen MR) is 105 cm³/mol. The predicted octanol–water partition coefficient (Wildman–Crippen LogP) is 3.47. The van der Waals surface area contributed by atoms with Crippen LogP contribution in [0.1, 0.15) is 28.2 Å². The lowest BCUT2D eigenvalue weighted by molar-refractivity contribution is -0.129. The van der Waals surface area contributed by atoms with E-state index in [1.165, 1.54) is 16.7 Å². The van der Waals surface area contributed by atoms with Gasteiger partial charge in [0.1, 0.15) is 0 Å². The van der Waals surface area contributed by atoms with Gasteiger partial charge in [0, 0.05) is 19.0 Å². The summed E-state index contributed by atoms with van der Waals surface area (Å²) < 4.78 is 0. The molecule has 3 rings (SSSR count). The van der Waals surface area contributed by atoms with Crippen LogP contribution in [-0.4, -0.2) is 30.4 Å². The first-order valence-corrected chi connectivity index (χ1v) is 8.67. The minimum absolute atomic E-state index is 0. The van der Waals surface area contributed by atoms with Gasteiger partial charge in [-0.2, -0.15) is 0 Å². The van der Waals surface area contributed by atoms with E-state index in [9.17, 15) is 4.79 Å². The lowest BCUT2D eigenvalue weighted by Gasteiger charge is -2.17. The van der Waals surface area contributed by atoms with Crippen molar-refractivity contribution in [3.8, 4) is 0 Å². The van der Waals surface area contributed by atoms with Gasteiger partial charge in [-0.15, -0.1) is 12.4 Å². The van der Waals surface area contributed by atoms with Crippen molar-refractivity contribution in [2.75, 3.05) is 19.6 Å². The van der Waals surface area contributed by atoms with Crippen LogP contribution in [0.4, 0.5) is 0 Å². The van der Waals surface area contributed by atoms with Crippen molar-refractivity contribution in [2.24, 2.45) is 11.7 Å². The Morgan fingerprint density at radius 2 is 1.84 bits per heavy atom. The topological polar surface area (TPSA) is 46.3 Å². The molecule has 0 radical (unpaired) electrons. The zero-order chi connectivity index (χ0) is 17.1. The molecule has 2 aromatic rings. The molecule has 0 aliphatic carbocycles. The molecule has 0 saturated carbocycles. The van der Waals surface area contributed by atoms with Gasteiger partial charge in [0.2, 0.25) is 5.91 Å². The van der Waals surface area contributed by atoms with Crippen LogP contribution in [0.15, 0.2) is 48.5 Å². The fourth-order valence-electron chi connectivity index (χ4n) is 3.66. The minimum Gasteiger partial charge on any atom is -0.341 e. The van der Waals surface area contributed by atoms with Gasteiger partial charge in [-0.1, -0.05) is 54.1 Å². The highest BCUT2D eigenvalue weighted by Crippen LogP contribution is 2.32. The van der Waals surface area contributed by atoms with Gasteiger partial charge >= 0.3 is 0 Å². The minimum atomic E-state index is 0. The Bertz CT molecular complexity index is 717. The largest absolute Gasteiger partial charge is 0.341 e. The third-order valence-corrected chi connectivity index (χ3v) is 5.17. The molecule has 1 fully saturated rings. The van der Waals surface area contributed by atoms with Crippen LogP contribution in [-0.2, 0) is 11.2 Å². The lowest BCUT2D eigenvalue weighted by atomic mass is 9.89. The van der Waals surface area contributed by atoms with Crippen LogP contribution >= 0.6 is 12.4 Å². The Morgan fingerprint density at radius 3 is 2.52 bits per heavy atom. The van der Waals surface area contributed by atoms with Crippen LogP contribution in [0, 0.1) is 19.8 Å². The van der Waals surface area contributed by atoms with Crippen LogP contribution in [0.3, 0.4) is 0 Å². The molecule has 0 bridgehead atoms. The van der Waals surface area contributed by atoms with E-state index in [4.69, 9.17) is 5.73 Å². The smallest absolute Gasteiger partial charge is 0.227 e. The quantitative estimate of drug-likeness (QED) is 0.909. The van der Waals surface area contributed by atoms with Crippen LogP contribution in [0.25, 0.3) is 0 Å². The van der Waals surface area contributed by atoms with Crippen molar-refractivity contribution < 1.29 is 4.79 Å². The number of likely N-dealkylation sites (tertiary alicyclic amines) is 1. The van der Waals surface area contributed by atoms with Crippen LogP contribution < -0.4 is 5.73 Å². The Hall–Kier alpha value is -1.84. The maximum absolute atomic E-state index is 12.8. The highest BCUT2D eigenvalue weighted by atomic mass is 35.5. The van der Waals surface area contributed by atoms with E-state index in [2.05, 4.69) is 56.3 Å². The third kappa shape index (κ3) is 4.42. The van der Waals surface area contributed by atoms with Crippen molar-refractivity contribution in [3.05, 3.63) is 70.8 Å². The summed E-state index contributed by atoms with van der Waals surface area (Å²) in [5, 5.41) is 0. The van der Waals surface area contributed by atoms with Gasteiger partial charge in [0.25, 0.3) is 0 Å². The van der Waals surface area contributed by atoms with Gasteiger partial charge in [0.15, 0.2) is 0 Å². The summed E-state index contributed by atoms with van der Waals surface area (Å²) in [5.41, 5.74) is 10.8. The highest BCUT2D eigenvalue weighted by molar-refractivity contribution is 5.85. The summed E-state index contributed by atoms with van der Waals surface area (Å²) in [6, 6.07) is 16.7. The standard InChI is InChI=1S/C21H26N2O.ClH/c1-15-8-9-16(2)18(10-15)11-21(24)23-13-19(12-22)20(14-23)17-6-4-3-5-7-17;/h3-10,19-20H,11-14,22H2,1-2H3;1H/t19-,20+;/m1./s1. The van der Waals surface area contributed by atoms with Crippen LogP contribution in [0.2, 0.25) is 0 Å². The number of carbonyl (C=O) groups is 1. The Labute approximate surface area is 156 Å². The van der Waals surface area contributed by atoms with E-state index >= 15 is 0 Å². The Balaban J connectivity index is 0.00000225. The molecule has 2 aromatic carbocycles. The molecule has 2 atom stereocenters. The van der Waals surface area contributed by atoms with Crippen molar-refractivity contribution in [1.29, 1.82) is 0 Å². The number of rotatable bonds is 4. The monoisotopic (exact) mass is 358 g/mol. The molecular weight excluding hydrogens is 332 g/mol. The molecule has 3 nitrogen and oxygen atoms in total. The zero-order valence-electron chi connectivity index (χ0n) is 14.9. The molecule has 0 spiro atoms. The number of halogens is 1. The van der Waals surface area contributed by atoms with Crippen molar-refractivity contribution in [3.63, 3.8) is 0 Å². The summed E-state index contributed by atoms with van der Waals surface area (Å²) in [6.07, 6.45) is 0.478.